The highest BCUT2D eigenvalue weighted by Crippen LogP contribution is 2.55. The minimum absolute atomic E-state index is 0.0391. The van der Waals surface area contributed by atoms with Crippen molar-refractivity contribution < 1.29 is 42.9 Å². The van der Waals surface area contributed by atoms with Crippen LogP contribution in [0.25, 0.3) is 0 Å². The van der Waals surface area contributed by atoms with Crippen LogP contribution in [0.5, 0.6) is 5.75 Å². The summed E-state index contributed by atoms with van der Waals surface area (Å²) in [7, 11) is 5.14. The van der Waals surface area contributed by atoms with E-state index in [1.807, 2.05) is 11.9 Å². The van der Waals surface area contributed by atoms with Gasteiger partial charge in [0.05, 0.1) is 17.5 Å². The molecule has 10 nitrogen and oxygen atoms in total. The number of phenolic OH excluding ortho intramolecular Hbond substituents is 1. The second-order valence-electron chi connectivity index (χ2n) is 12.5. The third-order valence-corrected chi connectivity index (χ3v) is 9.80. The number of ketones is 2. The van der Waals surface area contributed by atoms with Crippen LogP contribution in [-0.4, -0.2) is 95.6 Å². The lowest BCUT2D eigenvalue weighted by atomic mass is 9.60. The second kappa shape index (κ2) is 9.46. The number of alkyl halides is 3. The van der Waals surface area contributed by atoms with Crippen molar-refractivity contribution in [1.29, 1.82) is 0 Å². The van der Waals surface area contributed by atoms with Crippen LogP contribution < -0.4 is 10.6 Å². The Hall–Kier alpha value is -3.58. The Labute approximate surface area is 239 Å². The van der Waals surface area contributed by atoms with Gasteiger partial charge in [-0.05, 0) is 81.9 Å². The van der Waals surface area contributed by atoms with E-state index in [1.54, 1.807) is 19.0 Å². The number of halogens is 3. The average molecular weight is 591 g/mol. The molecule has 2 heterocycles. The standard InChI is InChI=1S/C29H33F3N4O6/c1-34(2)23-14-7-12-6-13-18(24(38)17(12)25(39)19(14)26(40)20(27(23)41)28(33)42)16(37)8-15-21-11(4-5-35(21)3)9-36(22(13)15)10-29(30,31)32/h8,11-12,14,19,21,23,37,39,41H,4-7,9-10H2,1-3H3,(H2,33,42)/t11?,12-,14+,19-,21?,23-/m1/s1. The number of fused-ring (bicyclic) bond motifs is 7. The van der Waals surface area contributed by atoms with E-state index in [4.69, 9.17) is 5.73 Å². The molecule has 1 aromatic carbocycles. The van der Waals surface area contributed by atoms with E-state index in [-0.39, 0.29) is 53.9 Å². The number of phenols is 1. The van der Waals surface area contributed by atoms with E-state index in [2.05, 4.69) is 0 Å². The first-order valence-electron chi connectivity index (χ1n) is 13.9. The number of aliphatic hydroxyl groups is 2. The molecule has 5 aliphatic rings. The molecule has 2 unspecified atom stereocenters. The van der Waals surface area contributed by atoms with E-state index >= 15 is 0 Å². The Kier molecular flexibility index (Phi) is 6.43. The summed E-state index contributed by atoms with van der Waals surface area (Å²) in [6.07, 6.45) is -3.65. The number of carbonyl (C=O) groups is 3. The van der Waals surface area contributed by atoms with Crippen molar-refractivity contribution in [1.82, 2.24) is 9.80 Å². The molecule has 0 bridgehead atoms. The molecule has 5 N–H and O–H groups in total. The van der Waals surface area contributed by atoms with Crippen molar-refractivity contribution in [3.63, 3.8) is 0 Å². The van der Waals surface area contributed by atoms with E-state index in [0.717, 1.165) is 0 Å². The first kappa shape index (κ1) is 28.5. The van der Waals surface area contributed by atoms with Gasteiger partial charge < -0.3 is 26.0 Å². The smallest absolute Gasteiger partial charge is 0.405 e. The van der Waals surface area contributed by atoms with Crippen LogP contribution >= 0.6 is 0 Å². The Morgan fingerprint density at radius 2 is 1.86 bits per heavy atom. The number of aliphatic hydroxyl groups excluding tert-OH is 2. The average Bonchev–Trinajstić information content (AvgIpc) is 3.22. The molecular formula is C29H33F3N4O6. The maximum atomic E-state index is 14.0. The number of benzene rings is 1. The number of nitrogens with two attached hydrogens (primary N) is 1. The quantitative estimate of drug-likeness (QED) is 0.390. The van der Waals surface area contributed by atoms with Gasteiger partial charge in [0, 0.05) is 23.8 Å². The number of nitrogens with zero attached hydrogens (tertiary/aromatic N) is 3. The number of likely N-dealkylation sites (N-methyl/N-ethyl adjacent to an activating group) is 1. The van der Waals surface area contributed by atoms with Gasteiger partial charge in [-0.3, -0.25) is 24.2 Å². The minimum Gasteiger partial charge on any atom is -0.511 e. The number of amides is 1. The third kappa shape index (κ3) is 4.03. The van der Waals surface area contributed by atoms with Crippen LogP contribution in [-0.2, 0) is 16.0 Å². The molecule has 1 saturated heterocycles. The van der Waals surface area contributed by atoms with E-state index in [0.29, 0.717) is 24.1 Å². The maximum Gasteiger partial charge on any atom is 0.405 e. The van der Waals surface area contributed by atoms with E-state index in [1.165, 1.54) is 11.0 Å². The summed E-state index contributed by atoms with van der Waals surface area (Å²) in [6, 6.07) is 0.264. The highest BCUT2D eigenvalue weighted by molar-refractivity contribution is 6.22. The first-order chi connectivity index (χ1) is 19.6. The zero-order valence-corrected chi connectivity index (χ0v) is 23.4. The number of likely N-dealkylation sites (tertiary alicyclic amines) is 1. The summed E-state index contributed by atoms with van der Waals surface area (Å²) in [6.45, 7) is -0.391. The molecule has 1 aromatic rings. The van der Waals surface area contributed by atoms with Crippen LogP contribution in [0.15, 0.2) is 28.7 Å². The highest BCUT2D eigenvalue weighted by Gasteiger charge is 2.55. The molecule has 0 radical (unpaired) electrons. The SMILES string of the molecule is CN1CCC2CN(CC(F)(F)F)c3c(cc(O)c4c3C[C@@H]3C[C@H]5[C@@H](C(=O)C(C(N)=O)=C(O)[C@@H]5N(C)C)C(O)=C3C4=O)C21. The Morgan fingerprint density at radius 3 is 2.48 bits per heavy atom. The molecule has 0 saturated carbocycles. The van der Waals surface area contributed by atoms with Gasteiger partial charge in [-0.1, -0.05) is 0 Å². The molecule has 42 heavy (non-hydrogen) atoms. The zero-order valence-electron chi connectivity index (χ0n) is 23.4. The molecule has 6 atom stereocenters. The molecule has 1 fully saturated rings. The highest BCUT2D eigenvalue weighted by atomic mass is 19.4. The monoisotopic (exact) mass is 590 g/mol. The lowest BCUT2D eigenvalue weighted by molar-refractivity contribution is -0.127. The van der Waals surface area contributed by atoms with Crippen molar-refractivity contribution in [2.24, 2.45) is 29.4 Å². The summed E-state index contributed by atoms with van der Waals surface area (Å²) in [5.74, 6) is -7.15. The number of rotatable bonds is 3. The van der Waals surface area contributed by atoms with Crippen molar-refractivity contribution >= 4 is 23.2 Å². The van der Waals surface area contributed by atoms with E-state index < -0.39 is 71.1 Å². The van der Waals surface area contributed by atoms with Crippen molar-refractivity contribution in [3.8, 4) is 5.75 Å². The lowest BCUT2D eigenvalue weighted by Gasteiger charge is -2.47. The number of hydrogen-bond acceptors (Lipinski definition) is 9. The molecular weight excluding hydrogens is 557 g/mol. The number of Topliss-reactive ketones (excluding diaryl/α,β-unsaturated/α-hetero) is 2. The number of primary amides is 1. The number of anilines is 1. The molecule has 3 aliphatic carbocycles. The fourth-order valence-corrected chi connectivity index (χ4v) is 8.40. The third-order valence-electron chi connectivity index (χ3n) is 9.80. The second-order valence-corrected chi connectivity index (χ2v) is 12.5. The Morgan fingerprint density at radius 1 is 1.17 bits per heavy atom. The maximum absolute atomic E-state index is 14.0. The molecule has 6 rings (SSSR count). The van der Waals surface area contributed by atoms with Gasteiger partial charge >= 0.3 is 6.18 Å². The summed E-state index contributed by atoms with van der Waals surface area (Å²) in [5.41, 5.74) is 5.59. The van der Waals surface area contributed by atoms with Crippen molar-refractivity contribution in [2.45, 2.75) is 37.5 Å². The Balaban J connectivity index is 1.53. The van der Waals surface area contributed by atoms with Crippen LogP contribution in [0.3, 0.4) is 0 Å². The van der Waals surface area contributed by atoms with Gasteiger partial charge in [-0.25, -0.2) is 0 Å². The predicted molar refractivity (Wildman–Crippen MR) is 144 cm³/mol. The number of allylic oxidation sites excluding steroid dienone is 2. The van der Waals surface area contributed by atoms with Gasteiger partial charge in [-0.2, -0.15) is 13.2 Å². The Bertz CT molecular complexity index is 1480. The van der Waals surface area contributed by atoms with Gasteiger partial charge in [0.2, 0.25) is 0 Å². The van der Waals surface area contributed by atoms with Gasteiger partial charge in [0.15, 0.2) is 11.6 Å². The first-order valence-corrected chi connectivity index (χ1v) is 13.9. The topological polar surface area (TPSA) is 148 Å². The molecule has 226 valence electrons. The van der Waals surface area contributed by atoms with Crippen molar-refractivity contribution in [3.05, 3.63) is 45.4 Å². The number of hydrogen-bond donors (Lipinski definition) is 4. The van der Waals surface area contributed by atoms with Crippen LogP contribution in [0.2, 0.25) is 0 Å². The molecule has 13 heteroatoms. The van der Waals surface area contributed by atoms with Crippen molar-refractivity contribution in [2.75, 3.05) is 45.7 Å². The van der Waals surface area contributed by atoms with Crippen LogP contribution in [0, 0.1) is 23.7 Å². The summed E-state index contributed by atoms with van der Waals surface area (Å²) in [4.78, 5) is 44.4. The molecule has 0 aromatic heterocycles. The largest absolute Gasteiger partial charge is 0.511 e. The zero-order chi connectivity index (χ0) is 30.6. The normalized spacial score (nSPS) is 31.2. The predicted octanol–water partition coefficient (Wildman–Crippen LogP) is 2.38. The molecule has 2 aliphatic heterocycles. The number of aromatic hydroxyl groups is 1. The summed E-state index contributed by atoms with van der Waals surface area (Å²) in [5, 5.41) is 33.6. The fourth-order valence-electron chi connectivity index (χ4n) is 8.40. The number of carbonyl (C=O) groups excluding carboxylic acids is 3. The summed E-state index contributed by atoms with van der Waals surface area (Å²) < 4.78 is 41.5. The van der Waals surface area contributed by atoms with Crippen LogP contribution in [0.1, 0.15) is 40.4 Å². The summed E-state index contributed by atoms with van der Waals surface area (Å²) >= 11 is 0. The van der Waals surface area contributed by atoms with E-state index in [9.17, 15) is 42.9 Å². The minimum atomic E-state index is -4.51. The van der Waals surface area contributed by atoms with Gasteiger partial charge in [0.1, 0.15) is 29.4 Å². The van der Waals surface area contributed by atoms with Gasteiger partial charge in [0.25, 0.3) is 5.91 Å². The lowest BCUT2D eigenvalue weighted by Crippen LogP contribution is -2.53. The molecule has 1 amide bonds. The molecule has 0 spiro atoms. The van der Waals surface area contributed by atoms with Crippen LogP contribution in [0.4, 0.5) is 18.9 Å². The van der Waals surface area contributed by atoms with Gasteiger partial charge in [-0.15, -0.1) is 0 Å². The fraction of sp³-hybridized carbons (Fsp3) is 0.552.